The number of aryl methyl sites for hydroxylation is 1. The Morgan fingerprint density at radius 2 is 2.04 bits per heavy atom. The number of hydrogen-bond acceptors (Lipinski definition) is 3. The zero-order valence-corrected chi connectivity index (χ0v) is 15.4. The van der Waals surface area contributed by atoms with Crippen molar-refractivity contribution < 1.29 is 9.59 Å². The highest BCUT2D eigenvalue weighted by molar-refractivity contribution is 6.33. The number of carbonyl (C=O) groups excluding carboxylic acids is 2. The van der Waals surface area contributed by atoms with Crippen LogP contribution in [0.15, 0.2) is 48.5 Å². The third kappa shape index (κ3) is 4.62. The molecule has 0 unspecified atom stereocenters. The molecular formula is C20H22ClN3O2. The summed E-state index contributed by atoms with van der Waals surface area (Å²) in [7, 11) is 0. The van der Waals surface area contributed by atoms with E-state index in [4.69, 9.17) is 11.6 Å². The van der Waals surface area contributed by atoms with E-state index >= 15 is 0 Å². The minimum Gasteiger partial charge on any atom is -0.355 e. The number of amides is 2. The van der Waals surface area contributed by atoms with Crippen LogP contribution < -0.4 is 10.6 Å². The average molecular weight is 372 g/mol. The van der Waals surface area contributed by atoms with Crippen LogP contribution in [0, 0.1) is 6.92 Å². The van der Waals surface area contributed by atoms with Crippen LogP contribution in [-0.2, 0) is 9.59 Å². The summed E-state index contributed by atoms with van der Waals surface area (Å²) in [4.78, 5) is 26.6. The summed E-state index contributed by atoms with van der Waals surface area (Å²) in [5.41, 5.74) is 2.67. The summed E-state index contributed by atoms with van der Waals surface area (Å²) in [6.07, 6.45) is 0.336. The number of nitrogens with one attached hydrogen (secondary N) is 2. The van der Waals surface area contributed by atoms with Crippen molar-refractivity contribution in [2.45, 2.75) is 19.4 Å². The van der Waals surface area contributed by atoms with Gasteiger partial charge in [-0.25, -0.2) is 0 Å². The molecule has 3 rings (SSSR count). The zero-order valence-electron chi connectivity index (χ0n) is 14.7. The summed E-state index contributed by atoms with van der Waals surface area (Å²) in [6.45, 7) is 3.28. The van der Waals surface area contributed by atoms with Gasteiger partial charge >= 0.3 is 0 Å². The highest BCUT2D eigenvalue weighted by Gasteiger charge is 2.27. The molecule has 1 fully saturated rings. The smallest absolute Gasteiger partial charge is 0.238 e. The molecule has 1 aliphatic rings. The van der Waals surface area contributed by atoms with Crippen LogP contribution in [0.4, 0.5) is 5.69 Å². The van der Waals surface area contributed by atoms with E-state index < -0.39 is 0 Å². The minimum atomic E-state index is -0.147. The third-order valence-corrected chi connectivity index (χ3v) is 4.78. The second-order valence-electron chi connectivity index (χ2n) is 6.48. The summed E-state index contributed by atoms with van der Waals surface area (Å²) < 4.78 is 0. The lowest BCUT2D eigenvalue weighted by Gasteiger charge is -2.28. The van der Waals surface area contributed by atoms with Crippen molar-refractivity contribution in [2.75, 3.05) is 25.0 Å². The first kappa shape index (κ1) is 18.4. The Balaban J connectivity index is 1.74. The molecule has 1 heterocycles. The second-order valence-corrected chi connectivity index (χ2v) is 6.89. The zero-order chi connectivity index (χ0) is 18.5. The van der Waals surface area contributed by atoms with E-state index in [2.05, 4.69) is 10.6 Å². The van der Waals surface area contributed by atoms with Gasteiger partial charge in [-0.15, -0.1) is 0 Å². The lowest BCUT2D eigenvalue weighted by atomic mass is 10.0. The van der Waals surface area contributed by atoms with Crippen molar-refractivity contribution in [1.82, 2.24) is 10.2 Å². The van der Waals surface area contributed by atoms with Crippen LogP contribution in [0.3, 0.4) is 0 Å². The molecule has 6 heteroatoms. The molecule has 2 aromatic rings. The van der Waals surface area contributed by atoms with Crippen LogP contribution in [0.1, 0.15) is 23.6 Å². The molecule has 1 saturated heterocycles. The highest BCUT2D eigenvalue weighted by Crippen LogP contribution is 2.26. The van der Waals surface area contributed by atoms with Crippen LogP contribution >= 0.6 is 11.6 Å². The summed E-state index contributed by atoms with van der Waals surface area (Å²) >= 11 is 6.20. The standard InChI is InChI=1S/C20H22ClN3O2/c1-14-7-8-17(16(21)11-14)23-20(26)13-24-10-9-22-19(25)12-18(24)15-5-3-2-4-6-15/h2-8,11,18H,9-10,12-13H2,1H3,(H,22,25)(H,23,26)/t18-/m1/s1. The molecule has 0 aromatic heterocycles. The Hall–Kier alpha value is -2.37. The molecule has 0 aliphatic carbocycles. The molecule has 2 N–H and O–H groups in total. The van der Waals surface area contributed by atoms with Gasteiger partial charge in [0.15, 0.2) is 0 Å². The number of halogens is 1. The summed E-state index contributed by atoms with van der Waals surface area (Å²) in [6, 6.07) is 15.2. The molecule has 2 amide bonds. The van der Waals surface area contributed by atoms with Gasteiger partial charge in [0.25, 0.3) is 0 Å². The van der Waals surface area contributed by atoms with E-state index in [0.29, 0.717) is 30.2 Å². The first-order valence-electron chi connectivity index (χ1n) is 8.64. The number of carbonyl (C=O) groups is 2. The Kier molecular flexibility index (Phi) is 5.91. The summed E-state index contributed by atoms with van der Waals surface area (Å²) in [5.74, 6) is -0.144. The van der Waals surface area contributed by atoms with Gasteiger partial charge < -0.3 is 10.6 Å². The van der Waals surface area contributed by atoms with Gasteiger partial charge in [0.2, 0.25) is 11.8 Å². The van der Waals surface area contributed by atoms with Gasteiger partial charge in [0.05, 0.1) is 17.3 Å². The van der Waals surface area contributed by atoms with Crippen LogP contribution in [-0.4, -0.2) is 36.3 Å². The van der Waals surface area contributed by atoms with E-state index in [1.54, 1.807) is 6.07 Å². The topological polar surface area (TPSA) is 61.4 Å². The lowest BCUT2D eigenvalue weighted by molar-refractivity contribution is -0.122. The lowest BCUT2D eigenvalue weighted by Crippen LogP contribution is -2.37. The molecule has 5 nitrogen and oxygen atoms in total. The van der Waals surface area contributed by atoms with Crippen LogP contribution in [0.25, 0.3) is 0 Å². The molecule has 0 bridgehead atoms. The molecule has 26 heavy (non-hydrogen) atoms. The van der Waals surface area contributed by atoms with Gasteiger partial charge in [-0.05, 0) is 30.2 Å². The first-order valence-corrected chi connectivity index (χ1v) is 9.02. The predicted molar refractivity (Wildman–Crippen MR) is 103 cm³/mol. The SMILES string of the molecule is Cc1ccc(NC(=O)CN2CCNC(=O)C[C@@H]2c2ccccc2)c(Cl)c1. The van der Waals surface area contributed by atoms with Gasteiger partial charge in [0.1, 0.15) is 0 Å². The Morgan fingerprint density at radius 1 is 1.27 bits per heavy atom. The van der Waals surface area contributed by atoms with E-state index in [1.807, 2.05) is 54.3 Å². The fourth-order valence-electron chi connectivity index (χ4n) is 3.16. The Morgan fingerprint density at radius 3 is 2.77 bits per heavy atom. The number of hydrogen-bond donors (Lipinski definition) is 2. The molecule has 0 saturated carbocycles. The van der Waals surface area contributed by atoms with Gasteiger partial charge in [-0.3, -0.25) is 14.5 Å². The molecular weight excluding hydrogens is 350 g/mol. The summed E-state index contributed by atoms with van der Waals surface area (Å²) in [5, 5.41) is 6.27. The number of rotatable bonds is 4. The maximum atomic E-state index is 12.6. The van der Waals surface area contributed by atoms with E-state index in [-0.39, 0.29) is 24.4 Å². The van der Waals surface area contributed by atoms with Crippen LogP contribution in [0.2, 0.25) is 5.02 Å². The van der Waals surface area contributed by atoms with Gasteiger partial charge in [0, 0.05) is 25.6 Å². The molecule has 136 valence electrons. The fraction of sp³-hybridized carbons (Fsp3) is 0.300. The van der Waals surface area contributed by atoms with Crippen molar-refractivity contribution in [3.8, 4) is 0 Å². The van der Waals surface area contributed by atoms with E-state index in [9.17, 15) is 9.59 Å². The monoisotopic (exact) mass is 371 g/mol. The number of benzene rings is 2. The molecule has 2 aromatic carbocycles. The number of anilines is 1. The predicted octanol–water partition coefficient (Wildman–Crippen LogP) is 3.15. The third-order valence-electron chi connectivity index (χ3n) is 4.47. The quantitative estimate of drug-likeness (QED) is 0.867. The largest absolute Gasteiger partial charge is 0.355 e. The van der Waals surface area contributed by atoms with Crippen molar-refractivity contribution in [2.24, 2.45) is 0 Å². The number of nitrogens with zero attached hydrogens (tertiary/aromatic N) is 1. The molecule has 1 aliphatic heterocycles. The first-order chi connectivity index (χ1) is 12.5. The molecule has 1 atom stereocenters. The second kappa shape index (κ2) is 8.34. The van der Waals surface area contributed by atoms with Gasteiger partial charge in [-0.1, -0.05) is 48.0 Å². The van der Waals surface area contributed by atoms with Crippen molar-refractivity contribution in [1.29, 1.82) is 0 Å². The minimum absolute atomic E-state index is 0.00309. The normalized spacial score (nSPS) is 18.1. The van der Waals surface area contributed by atoms with Crippen LogP contribution in [0.5, 0.6) is 0 Å². The van der Waals surface area contributed by atoms with Crippen molar-refractivity contribution >= 4 is 29.1 Å². The Bertz CT molecular complexity index is 795. The fourth-order valence-corrected chi connectivity index (χ4v) is 3.44. The maximum absolute atomic E-state index is 12.6. The van der Waals surface area contributed by atoms with Gasteiger partial charge in [-0.2, -0.15) is 0 Å². The molecule has 0 radical (unpaired) electrons. The van der Waals surface area contributed by atoms with Crippen molar-refractivity contribution in [3.63, 3.8) is 0 Å². The average Bonchev–Trinajstić information content (AvgIpc) is 2.80. The van der Waals surface area contributed by atoms with Crippen molar-refractivity contribution in [3.05, 3.63) is 64.7 Å². The van der Waals surface area contributed by atoms with E-state index in [1.165, 1.54) is 0 Å². The Labute approximate surface area is 158 Å². The maximum Gasteiger partial charge on any atom is 0.238 e. The van der Waals surface area contributed by atoms with E-state index in [0.717, 1.165) is 11.1 Å². The highest BCUT2D eigenvalue weighted by atomic mass is 35.5. The molecule has 0 spiro atoms.